The molecule has 2 aliphatic heterocycles. The van der Waals surface area contributed by atoms with Gasteiger partial charge in [-0.2, -0.15) is 5.10 Å². The van der Waals surface area contributed by atoms with Crippen LogP contribution in [0, 0.1) is 5.92 Å². The van der Waals surface area contributed by atoms with Crippen molar-refractivity contribution >= 4 is 27.5 Å². The first-order valence-electron chi connectivity index (χ1n) is 12.4. The van der Waals surface area contributed by atoms with Gasteiger partial charge in [0.15, 0.2) is 0 Å². The third-order valence-corrected chi connectivity index (χ3v) is 8.52. The summed E-state index contributed by atoms with van der Waals surface area (Å²) >= 11 is 1.62. The quantitative estimate of drug-likeness (QED) is 0.429. The van der Waals surface area contributed by atoms with Gasteiger partial charge in [0.2, 0.25) is 5.95 Å². The minimum atomic E-state index is 0.507. The van der Waals surface area contributed by atoms with Crippen molar-refractivity contribution in [1.29, 1.82) is 0 Å². The predicted molar refractivity (Wildman–Crippen MR) is 134 cm³/mol. The molecule has 0 amide bonds. The van der Waals surface area contributed by atoms with Gasteiger partial charge in [-0.05, 0) is 44.4 Å². The number of hydrogen-bond donors (Lipinski definition) is 2. The molecule has 5 heterocycles. The van der Waals surface area contributed by atoms with Gasteiger partial charge >= 0.3 is 0 Å². The van der Waals surface area contributed by atoms with Gasteiger partial charge in [0.05, 0.1) is 28.1 Å². The monoisotopic (exact) mass is 472 g/mol. The maximum atomic E-state index is 4.87. The van der Waals surface area contributed by atoms with Gasteiger partial charge in [-0.3, -0.25) is 5.10 Å². The fourth-order valence-corrected chi connectivity index (χ4v) is 6.61. The molecule has 174 valence electrons. The van der Waals surface area contributed by atoms with E-state index in [0.29, 0.717) is 18.1 Å². The Labute approximate surface area is 202 Å². The molecule has 3 aliphatic rings. The normalized spacial score (nSPS) is 24.4. The lowest BCUT2D eigenvalue weighted by molar-refractivity contribution is 0.215. The fourth-order valence-electron chi connectivity index (χ4n) is 5.77. The van der Waals surface area contributed by atoms with Crippen LogP contribution >= 0.6 is 11.3 Å². The third kappa shape index (κ3) is 3.76. The molecule has 2 saturated heterocycles. The lowest BCUT2D eigenvalue weighted by Gasteiger charge is -2.44. The summed E-state index contributed by atoms with van der Waals surface area (Å²) in [6.45, 7) is 1.06. The topological polar surface area (TPSA) is 95.5 Å². The maximum Gasteiger partial charge on any atom is 0.245 e. The van der Waals surface area contributed by atoms with Crippen molar-refractivity contribution in [3.8, 4) is 22.4 Å². The first-order valence-corrected chi connectivity index (χ1v) is 13.3. The molecule has 3 aromatic heterocycles. The Morgan fingerprint density at radius 2 is 1.82 bits per heavy atom. The highest BCUT2D eigenvalue weighted by Crippen LogP contribution is 2.38. The van der Waals surface area contributed by atoms with Gasteiger partial charge in [0.1, 0.15) is 5.69 Å². The highest BCUT2D eigenvalue weighted by atomic mass is 32.1. The van der Waals surface area contributed by atoms with Gasteiger partial charge in [-0.15, -0.1) is 21.5 Å². The van der Waals surface area contributed by atoms with Crippen LogP contribution in [0.5, 0.6) is 0 Å². The average molecular weight is 473 g/mol. The Morgan fingerprint density at radius 3 is 2.56 bits per heavy atom. The van der Waals surface area contributed by atoms with Crippen molar-refractivity contribution in [3.05, 3.63) is 36.2 Å². The minimum absolute atomic E-state index is 0.507. The zero-order valence-electron chi connectivity index (χ0n) is 19.0. The number of hydrogen-bond acceptors (Lipinski definition) is 8. The lowest BCUT2D eigenvalue weighted by Crippen LogP contribution is -2.55. The van der Waals surface area contributed by atoms with Crippen LogP contribution < -0.4 is 10.2 Å². The molecular formula is C25H28N8S. The molecule has 4 aromatic rings. The van der Waals surface area contributed by atoms with E-state index in [1.807, 2.05) is 24.1 Å². The van der Waals surface area contributed by atoms with E-state index in [4.69, 9.17) is 4.98 Å². The molecule has 0 radical (unpaired) electrons. The highest BCUT2D eigenvalue weighted by molar-refractivity contribution is 7.17. The molecule has 3 fully saturated rings. The number of nitrogens with one attached hydrogen (secondary N) is 2. The average Bonchev–Trinajstić information content (AvgIpc) is 3.30. The van der Waals surface area contributed by atoms with E-state index in [-0.39, 0.29) is 0 Å². The Kier molecular flexibility index (Phi) is 5.05. The Bertz CT molecular complexity index is 1270. The SMILES string of the molecule is c1nc2c(-c3cn[nH]c3)ccc(-c3cnc(N(CC4CC4)C4C[C@H]5CCC[C@@H](C4)N5)nn3)c2s1. The van der Waals surface area contributed by atoms with Crippen molar-refractivity contribution in [2.45, 2.75) is 63.1 Å². The summed E-state index contributed by atoms with van der Waals surface area (Å²) in [6, 6.07) is 5.97. The van der Waals surface area contributed by atoms with Crippen molar-refractivity contribution in [2.75, 3.05) is 11.4 Å². The molecule has 1 unspecified atom stereocenters. The number of benzene rings is 1. The number of piperidine rings is 2. The highest BCUT2D eigenvalue weighted by Gasteiger charge is 2.37. The molecular weight excluding hydrogens is 444 g/mol. The van der Waals surface area contributed by atoms with Gasteiger partial charge < -0.3 is 10.2 Å². The van der Waals surface area contributed by atoms with Crippen LogP contribution in [-0.2, 0) is 0 Å². The number of aromatic amines is 1. The van der Waals surface area contributed by atoms with Crippen molar-refractivity contribution in [3.63, 3.8) is 0 Å². The maximum absolute atomic E-state index is 4.87. The molecule has 2 N–H and O–H groups in total. The molecule has 8 nitrogen and oxygen atoms in total. The number of fused-ring (bicyclic) bond motifs is 3. The zero-order valence-corrected chi connectivity index (χ0v) is 19.8. The Morgan fingerprint density at radius 1 is 0.971 bits per heavy atom. The summed E-state index contributed by atoms with van der Waals surface area (Å²) in [5.41, 5.74) is 6.78. The van der Waals surface area contributed by atoms with Gasteiger partial charge in [-0.25, -0.2) is 9.97 Å². The molecule has 34 heavy (non-hydrogen) atoms. The Balaban J connectivity index is 1.20. The molecule has 1 aliphatic carbocycles. The van der Waals surface area contributed by atoms with Crippen LogP contribution in [0.1, 0.15) is 44.9 Å². The second-order valence-electron chi connectivity index (χ2n) is 10.0. The Hall–Kier alpha value is -2.91. The van der Waals surface area contributed by atoms with Crippen LogP contribution in [0.4, 0.5) is 5.95 Å². The van der Waals surface area contributed by atoms with Gasteiger partial charge in [-0.1, -0.05) is 18.6 Å². The van der Waals surface area contributed by atoms with E-state index in [2.05, 4.69) is 47.7 Å². The van der Waals surface area contributed by atoms with Gasteiger partial charge in [0.25, 0.3) is 0 Å². The minimum Gasteiger partial charge on any atom is -0.336 e. The molecule has 7 rings (SSSR count). The molecule has 9 heteroatoms. The van der Waals surface area contributed by atoms with E-state index in [1.165, 1.54) is 44.9 Å². The van der Waals surface area contributed by atoms with Crippen LogP contribution in [0.25, 0.3) is 32.6 Å². The molecule has 0 spiro atoms. The predicted octanol–water partition coefficient (Wildman–Crippen LogP) is 4.43. The standard InChI is InChI=1S/C25H28N8S/c1-2-17-8-19(9-18(3-1)30-17)33(13-15-4-5-15)25-26-12-22(31-32-25)21-7-6-20(16-10-28-29-11-16)23-24(21)34-14-27-23/h6-7,10-12,14-15,17-19,30H,1-5,8-9,13H2,(H,28,29)/t17-,18+,19?. The summed E-state index contributed by atoms with van der Waals surface area (Å²) in [7, 11) is 0. The number of H-pyrrole nitrogens is 1. The second-order valence-corrected chi connectivity index (χ2v) is 10.9. The first kappa shape index (κ1) is 20.5. The smallest absolute Gasteiger partial charge is 0.245 e. The number of rotatable bonds is 6. The fraction of sp³-hybridized carbons (Fsp3) is 0.480. The van der Waals surface area contributed by atoms with Gasteiger partial charge in [0, 0.05) is 47.6 Å². The molecule has 1 saturated carbocycles. The van der Waals surface area contributed by atoms with E-state index < -0.39 is 0 Å². The summed E-state index contributed by atoms with van der Waals surface area (Å²) in [5.74, 6) is 1.57. The van der Waals surface area contributed by atoms with Crippen LogP contribution in [0.3, 0.4) is 0 Å². The zero-order chi connectivity index (χ0) is 22.5. The van der Waals surface area contributed by atoms with Crippen LogP contribution in [0.15, 0.2) is 36.2 Å². The van der Waals surface area contributed by atoms with Crippen molar-refractivity contribution in [1.82, 2.24) is 35.7 Å². The van der Waals surface area contributed by atoms with E-state index in [9.17, 15) is 0 Å². The summed E-state index contributed by atoms with van der Waals surface area (Å²) in [6.07, 6.45) is 14.6. The third-order valence-electron chi connectivity index (χ3n) is 7.66. The lowest BCUT2D eigenvalue weighted by atomic mass is 9.83. The van der Waals surface area contributed by atoms with Crippen molar-refractivity contribution in [2.24, 2.45) is 5.92 Å². The van der Waals surface area contributed by atoms with Crippen LogP contribution in [-0.4, -0.2) is 55.0 Å². The number of anilines is 1. The van der Waals surface area contributed by atoms with E-state index in [0.717, 1.165) is 51.0 Å². The second kappa shape index (κ2) is 8.39. The number of thiazole rings is 1. The summed E-state index contributed by atoms with van der Waals surface area (Å²) in [4.78, 5) is 12.0. The van der Waals surface area contributed by atoms with Crippen molar-refractivity contribution < 1.29 is 0 Å². The number of nitrogens with zero attached hydrogens (tertiary/aromatic N) is 6. The molecule has 1 aromatic carbocycles. The van der Waals surface area contributed by atoms with Crippen LogP contribution in [0.2, 0.25) is 0 Å². The molecule has 3 atom stereocenters. The summed E-state index contributed by atoms with van der Waals surface area (Å²) in [5, 5.41) is 20.2. The molecule has 2 bridgehead atoms. The van der Waals surface area contributed by atoms with E-state index >= 15 is 0 Å². The summed E-state index contributed by atoms with van der Waals surface area (Å²) < 4.78 is 1.10. The largest absolute Gasteiger partial charge is 0.336 e. The first-order chi connectivity index (χ1) is 16.8. The number of aromatic nitrogens is 6. The van der Waals surface area contributed by atoms with E-state index in [1.54, 1.807) is 11.3 Å².